The second kappa shape index (κ2) is 5.79. The summed E-state index contributed by atoms with van der Waals surface area (Å²) < 4.78 is 0. The Bertz CT molecular complexity index is 181. The number of carbonyl (C=O) groups is 1. The number of piperidine rings is 1. The fourth-order valence-corrected chi connectivity index (χ4v) is 1.59. The van der Waals surface area contributed by atoms with Gasteiger partial charge in [0.25, 0.3) is 0 Å². The summed E-state index contributed by atoms with van der Waals surface area (Å²) in [6, 6.07) is 0. The number of nitrogens with zero attached hydrogens (tertiary/aromatic N) is 1. The normalized spacial score (nSPS) is 18.1. The fourth-order valence-electron chi connectivity index (χ4n) is 1.59. The molecular weight excluding hydrogens is 162 g/mol. The summed E-state index contributed by atoms with van der Waals surface area (Å²) in [6.45, 7) is 4.28. The molecule has 0 aromatic rings. The van der Waals surface area contributed by atoms with Gasteiger partial charge in [0.2, 0.25) is 0 Å². The average Bonchev–Trinajstić information content (AvgIpc) is 2.17. The van der Waals surface area contributed by atoms with Gasteiger partial charge in [-0.3, -0.25) is 4.79 Å². The molecule has 0 aromatic heterocycles. The van der Waals surface area contributed by atoms with Gasteiger partial charge in [-0.25, -0.2) is 0 Å². The molecular formula is C11H19NO. The minimum atomic E-state index is 0.257. The van der Waals surface area contributed by atoms with Gasteiger partial charge in [-0.1, -0.05) is 6.92 Å². The summed E-state index contributed by atoms with van der Waals surface area (Å²) in [4.78, 5) is 13.4. The smallest absolute Gasteiger partial charge is 0.157 e. The Kier molecular flexibility index (Phi) is 4.58. The lowest BCUT2D eigenvalue weighted by atomic mass is 10.1. The maximum absolute atomic E-state index is 11.2. The molecule has 1 fully saturated rings. The maximum Gasteiger partial charge on any atom is 0.157 e. The molecule has 1 rings (SSSR count). The number of likely N-dealkylation sites (tertiary alicyclic amines) is 1. The van der Waals surface area contributed by atoms with E-state index in [0.29, 0.717) is 6.42 Å². The Labute approximate surface area is 80.6 Å². The second-order valence-corrected chi connectivity index (χ2v) is 3.63. The van der Waals surface area contributed by atoms with Gasteiger partial charge in [0.15, 0.2) is 5.78 Å². The lowest BCUT2D eigenvalue weighted by Crippen LogP contribution is -2.24. The van der Waals surface area contributed by atoms with E-state index in [-0.39, 0.29) is 5.78 Å². The van der Waals surface area contributed by atoms with E-state index in [0.717, 1.165) is 19.5 Å². The van der Waals surface area contributed by atoms with E-state index in [2.05, 4.69) is 4.90 Å². The Morgan fingerprint density at radius 1 is 1.31 bits per heavy atom. The van der Waals surface area contributed by atoms with Crippen LogP contribution in [0.3, 0.4) is 0 Å². The number of hydrogen-bond acceptors (Lipinski definition) is 2. The summed E-state index contributed by atoms with van der Waals surface area (Å²) in [5, 5.41) is 0. The van der Waals surface area contributed by atoms with Gasteiger partial charge in [0.1, 0.15) is 0 Å². The standard InChI is InChI=1S/C11H19NO/c1-2-6-11(13)7-10-12-8-4-3-5-9-12/h7,10H,2-6,8-9H2,1H3/b10-7+. The number of ketones is 1. The zero-order valence-electron chi connectivity index (χ0n) is 8.46. The van der Waals surface area contributed by atoms with Crippen LogP contribution in [0.4, 0.5) is 0 Å². The van der Waals surface area contributed by atoms with Gasteiger partial charge in [0.05, 0.1) is 0 Å². The SMILES string of the molecule is CCCC(=O)/C=C/N1CCCCC1. The van der Waals surface area contributed by atoms with Crippen LogP contribution in [0, 0.1) is 0 Å². The van der Waals surface area contributed by atoms with Crippen LogP contribution in [0.2, 0.25) is 0 Å². The third kappa shape index (κ3) is 4.11. The second-order valence-electron chi connectivity index (χ2n) is 3.63. The molecule has 2 nitrogen and oxygen atoms in total. The molecule has 1 aliphatic rings. The highest BCUT2D eigenvalue weighted by molar-refractivity contribution is 5.89. The van der Waals surface area contributed by atoms with Gasteiger partial charge in [-0.05, 0) is 31.8 Å². The van der Waals surface area contributed by atoms with Crippen LogP contribution in [0.1, 0.15) is 39.0 Å². The van der Waals surface area contributed by atoms with Gasteiger partial charge in [-0.2, -0.15) is 0 Å². The number of hydrogen-bond donors (Lipinski definition) is 0. The van der Waals surface area contributed by atoms with E-state index in [9.17, 15) is 4.79 Å². The van der Waals surface area contributed by atoms with E-state index in [1.165, 1.54) is 19.3 Å². The lowest BCUT2D eigenvalue weighted by Gasteiger charge is -2.24. The zero-order valence-corrected chi connectivity index (χ0v) is 8.46. The first-order chi connectivity index (χ1) is 6.33. The third-order valence-electron chi connectivity index (χ3n) is 2.36. The average molecular weight is 181 g/mol. The first-order valence-corrected chi connectivity index (χ1v) is 5.28. The van der Waals surface area contributed by atoms with E-state index in [4.69, 9.17) is 0 Å². The largest absolute Gasteiger partial charge is 0.377 e. The number of allylic oxidation sites excluding steroid dienone is 1. The van der Waals surface area contributed by atoms with Gasteiger partial charge < -0.3 is 4.90 Å². The van der Waals surface area contributed by atoms with Crippen LogP contribution >= 0.6 is 0 Å². The first kappa shape index (κ1) is 10.3. The van der Waals surface area contributed by atoms with E-state index < -0.39 is 0 Å². The summed E-state index contributed by atoms with van der Waals surface area (Å²) in [7, 11) is 0. The predicted octanol–water partition coefficient (Wildman–Crippen LogP) is 2.36. The maximum atomic E-state index is 11.2. The molecule has 74 valence electrons. The molecule has 0 aromatic carbocycles. The lowest BCUT2D eigenvalue weighted by molar-refractivity contribution is -0.114. The molecule has 1 heterocycles. The predicted molar refractivity (Wildman–Crippen MR) is 54.5 cm³/mol. The van der Waals surface area contributed by atoms with Crippen LogP contribution in [0.25, 0.3) is 0 Å². The minimum Gasteiger partial charge on any atom is -0.377 e. The highest BCUT2D eigenvalue weighted by atomic mass is 16.1. The third-order valence-corrected chi connectivity index (χ3v) is 2.36. The van der Waals surface area contributed by atoms with Crippen molar-refractivity contribution in [1.29, 1.82) is 0 Å². The van der Waals surface area contributed by atoms with Crippen molar-refractivity contribution in [3.8, 4) is 0 Å². The van der Waals surface area contributed by atoms with Crippen LogP contribution in [0.15, 0.2) is 12.3 Å². The molecule has 1 aliphatic heterocycles. The molecule has 0 unspecified atom stereocenters. The molecule has 1 saturated heterocycles. The molecule has 0 N–H and O–H groups in total. The van der Waals surface area contributed by atoms with Crippen molar-refractivity contribution in [3.05, 3.63) is 12.3 Å². The molecule has 13 heavy (non-hydrogen) atoms. The molecule has 0 aliphatic carbocycles. The van der Waals surface area contributed by atoms with Gasteiger partial charge in [-0.15, -0.1) is 0 Å². The van der Waals surface area contributed by atoms with E-state index >= 15 is 0 Å². The van der Waals surface area contributed by atoms with E-state index in [1.54, 1.807) is 6.08 Å². The molecule has 0 atom stereocenters. The highest BCUT2D eigenvalue weighted by Crippen LogP contribution is 2.08. The minimum absolute atomic E-state index is 0.257. The van der Waals surface area contributed by atoms with Gasteiger partial charge in [0, 0.05) is 25.7 Å². The number of carbonyl (C=O) groups excluding carboxylic acids is 1. The van der Waals surface area contributed by atoms with Crippen molar-refractivity contribution in [1.82, 2.24) is 4.90 Å². The van der Waals surface area contributed by atoms with Crippen molar-refractivity contribution in [2.75, 3.05) is 13.1 Å². The molecule has 0 spiro atoms. The van der Waals surface area contributed by atoms with Crippen LogP contribution in [0.5, 0.6) is 0 Å². The monoisotopic (exact) mass is 181 g/mol. The zero-order chi connectivity index (χ0) is 9.52. The number of rotatable bonds is 4. The van der Waals surface area contributed by atoms with E-state index in [1.807, 2.05) is 13.1 Å². The molecule has 0 radical (unpaired) electrons. The Morgan fingerprint density at radius 3 is 2.62 bits per heavy atom. The Hall–Kier alpha value is -0.790. The van der Waals surface area contributed by atoms with Crippen molar-refractivity contribution in [2.45, 2.75) is 39.0 Å². The fraction of sp³-hybridized carbons (Fsp3) is 0.727. The Morgan fingerprint density at radius 2 is 2.00 bits per heavy atom. The van der Waals surface area contributed by atoms with Crippen LogP contribution in [-0.2, 0) is 4.79 Å². The topological polar surface area (TPSA) is 20.3 Å². The molecule has 0 saturated carbocycles. The Balaban J connectivity index is 2.24. The van der Waals surface area contributed by atoms with Crippen molar-refractivity contribution in [2.24, 2.45) is 0 Å². The molecule has 2 heteroatoms. The van der Waals surface area contributed by atoms with Crippen molar-refractivity contribution < 1.29 is 4.79 Å². The summed E-state index contributed by atoms with van der Waals surface area (Å²) in [6.07, 6.45) is 9.21. The molecule has 0 amide bonds. The molecule has 0 bridgehead atoms. The summed E-state index contributed by atoms with van der Waals surface area (Å²) in [5.41, 5.74) is 0. The van der Waals surface area contributed by atoms with Crippen molar-refractivity contribution >= 4 is 5.78 Å². The summed E-state index contributed by atoms with van der Waals surface area (Å²) >= 11 is 0. The van der Waals surface area contributed by atoms with Gasteiger partial charge >= 0.3 is 0 Å². The quantitative estimate of drug-likeness (QED) is 0.620. The van der Waals surface area contributed by atoms with Crippen molar-refractivity contribution in [3.63, 3.8) is 0 Å². The first-order valence-electron chi connectivity index (χ1n) is 5.28. The van der Waals surface area contributed by atoms with Crippen LogP contribution < -0.4 is 0 Å². The van der Waals surface area contributed by atoms with Crippen LogP contribution in [-0.4, -0.2) is 23.8 Å². The highest BCUT2D eigenvalue weighted by Gasteiger charge is 2.05. The summed E-state index contributed by atoms with van der Waals surface area (Å²) in [5.74, 6) is 0.257.